The Morgan fingerprint density at radius 1 is 1.33 bits per heavy atom. The number of hydrogen-bond acceptors (Lipinski definition) is 4. The van der Waals surface area contributed by atoms with E-state index in [-0.39, 0.29) is 29.0 Å². The van der Waals surface area contributed by atoms with Gasteiger partial charge in [0.05, 0.1) is 11.0 Å². The first-order chi connectivity index (χ1) is 9.88. The van der Waals surface area contributed by atoms with E-state index < -0.39 is 4.92 Å². The zero-order valence-corrected chi connectivity index (χ0v) is 12.6. The molecule has 0 aromatic heterocycles. The number of nitrogens with one attached hydrogen (secondary N) is 1. The summed E-state index contributed by atoms with van der Waals surface area (Å²) in [7, 11) is 0. The molecule has 7 heteroatoms. The first kappa shape index (κ1) is 15.2. The van der Waals surface area contributed by atoms with Crippen molar-refractivity contribution in [3.63, 3.8) is 0 Å². The molecule has 0 radical (unpaired) electrons. The molecule has 0 spiro atoms. The van der Waals surface area contributed by atoms with Crippen LogP contribution in [0.2, 0.25) is 0 Å². The molecule has 0 saturated heterocycles. The second kappa shape index (κ2) is 6.09. The molecule has 110 valence electrons. The number of halogens is 2. The van der Waals surface area contributed by atoms with Gasteiger partial charge in [0.15, 0.2) is 0 Å². The number of nitro benzene ring substituents is 1. The quantitative estimate of drug-likeness (QED) is 0.485. The molecule has 0 amide bonds. The second-order valence-electron chi connectivity index (χ2n) is 4.49. The summed E-state index contributed by atoms with van der Waals surface area (Å²) in [4.78, 5) is 10.4. The van der Waals surface area contributed by atoms with Gasteiger partial charge in [-0.1, -0.05) is 22.0 Å². The number of phenols is 1. The van der Waals surface area contributed by atoms with Gasteiger partial charge in [0.25, 0.3) is 5.69 Å². The fraction of sp³-hybridized carbons (Fsp3) is 0.143. The van der Waals surface area contributed by atoms with Crippen LogP contribution in [0.25, 0.3) is 0 Å². The van der Waals surface area contributed by atoms with Crippen molar-refractivity contribution in [1.29, 1.82) is 0 Å². The standard InChI is InChI=1S/C14H12BrFN2O3/c1-8(11-4-2-9(16)6-12(11)15)17-13-5-3-10(19)7-14(13)18(20)21/h2-8,17,19H,1H3. The second-order valence-corrected chi connectivity index (χ2v) is 5.34. The van der Waals surface area contributed by atoms with E-state index >= 15 is 0 Å². The molecule has 0 bridgehead atoms. The van der Waals surface area contributed by atoms with Crippen molar-refractivity contribution in [3.8, 4) is 5.75 Å². The normalized spacial score (nSPS) is 12.0. The lowest BCUT2D eigenvalue weighted by molar-refractivity contribution is -0.384. The number of phenolic OH excluding ortho intramolecular Hbond substituents is 1. The van der Waals surface area contributed by atoms with Gasteiger partial charge in [-0.05, 0) is 36.8 Å². The molecule has 0 fully saturated rings. The van der Waals surface area contributed by atoms with Gasteiger partial charge in [-0.15, -0.1) is 0 Å². The van der Waals surface area contributed by atoms with Gasteiger partial charge in [-0.2, -0.15) is 0 Å². The first-order valence-electron chi connectivity index (χ1n) is 6.07. The molecule has 5 nitrogen and oxygen atoms in total. The molecule has 21 heavy (non-hydrogen) atoms. The van der Waals surface area contributed by atoms with Crippen LogP contribution >= 0.6 is 15.9 Å². The fourth-order valence-corrected chi connectivity index (χ4v) is 2.65. The summed E-state index contributed by atoms with van der Waals surface area (Å²) in [5.41, 5.74) is 0.820. The average molecular weight is 355 g/mol. The van der Waals surface area contributed by atoms with Crippen LogP contribution in [0.4, 0.5) is 15.8 Å². The van der Waals surface area contributed by atoms with Gasteiger partial charge in [0.1, 0.15) is 17.3 Å². The summed E-state index contributed by atoms with van der Waals surface area (Å²) in [6.45, 7) is 1.80. The van der Waals surface area contributed by atoms with E-state index in [4.69, 9.17) is 0 Å². The predicted octanol–water partition coefficient (Wildman–Crippen LogP) is 4.38. The van der Waals surface area contributed by atoms with Gasteiger partial charge >= 0.3 is 0 Å². The minimum atomic E-state index is -0.575. The van der Waals surface area contributed by atoms with Gasteiger partial charge in [0.2, 0.25) is 0 Å². The van der Waals surface area contributed by atoms with E-state index in [9.17, 15) is 19.6 Å². The number of aromatic hydroxyl groups is 1. The van der Waals surface area contributed by atoms with Gasteiger partial charge < -0.3 is 10.4 Å². The molecule has 2 aromatic carbocycles. The Morgan fingerprint density at radius 3 is 2.67 bits per heavy atom. The highest BCUT2D eigenvalue weighted by molar-refractivity contribution is 9.10. The number of benzene rings is 2. The summed E-state index contributed by atoms with van der Waals surface area (Å²) in [6.07, 6.45) is 0. The van der Waals surface area contributed by atoms with Crippen LogP contribution in [0.3, 0.4) is 0 Å². The fourth-order valence-electron chi connectivity index (χ4n) is 1.96. The van der Waals surface area contributed by atoms with Crippen molar-refractivity contribution in [2.24, 2.45) is 0 Å². The smallest absolute Gasteiger partial charge is 0.296 e. The van der Waals surface area contributed by atoms with Crippen LogP contribution in [-0.4, -0.2) is 10.0 Å². The maximum atomic E-state index is 13.1. The summed E-state index contributed by atoms with van der Waals surface area (Å²) < 4.78 is 13.7. The molecule has 2 aromatic rings. The monoisotopic (exact) mass is 354 g/mol. The molecule has 0 saturated carbocycles. The lowest BCUT2D eigenvalue weighted by Crippen LogP contribution is -2.09. The highest BCUT2D eigenvalue weighted by atomic mass is 79.9. The molecule has 1 atom stereocenters. The number of hydrogen-bond donors (Lipinski definition) is 2. The zero-order valence-electron chi connectivity index (χ0n) is 11.0. The van der Waals surface area contributed by atoms with Crippen LogP contribution in [0.5, 0.6) is 5.75 Å². The first-order valence-corrected chi connectivity index (χ1v) is 6.86. The number of nitro groups is 1. The van der Waals surface area contributed by atoms with Crippen molar-refractivity contribution >= 4 is 27.3 Å². The zero-order chi connectivity index (χ0) is 15.6. The summed E-state index contributed by atoms with van der Waals surface area (Å²) in [5, 5.41) is 23.3. The van der Waals surface area contributed by atoms with Crippen molar-refractivity contribution in [2.75, 3.05) is 5.32 Å². The van der Waals surface area contributed by atoms with Crippen LogP contribution in [-0.2, 0) is 0 Å². The number of rotatable bonds is 4. The minimum absolute atomic E-state index is 0.178. The molecule has 0 aliphatic heterocycles. The molecule has 2 N–H and O–H groups in total. The van der Waals surface area contributed by atoms with E-state index in [1.54, 1.807) is 13.0 Å². The van der Waals surface area contributed by atoms with Gasteiger partial charge in [-0.3, -0.25) is 10.1 Å². The highest BCUT2D eigenvalue weighted by Gasteiger charge is 2.18. The van der Waals surface area contributed by atoms with Gasteiger partial charge in [0, 0.05) is 10.5 Å². The molecular weight excluding hydrogens is 343 g/mol. The lowest BCUT2D eigenvalue weighted by Gasteiger charge is -2.17. The molecule has 2 rings (SSSR count). The Labute approximate surface area is 128 Å². The van der Waals surface area contributed by atoms with E-state index in [1.807, 2.05) is 0 Å². The average Bonchev–Trinajstić information content (AvgIpc) is 2.40. The number of anilines is 1. The van der Waals surface area contributed by atoms with Crippen molar-refractivity contribution < 1.29 is 14.4 Å². The maximum Gasteiger partial charge on any atom is 0.296 e. The van der Waals surface area contributed by atoms with Crippen LogP contribution < -0.4 is 5.32 Å². The molecule has 0 aliphatic carbocycles. The number of nitrogens with zero attached hydrogens (tertiary/aromatic N) is 1. The SMILES string of the molecule is CC(Nc1ccc(O)cc1[N+](=O)[O-])c1ccc(F)cc1Br. The van der Waals surface area contributed by atoms with E-state index in [2.05, 4.69) is 21.2 Å². The predicted molar refractivity (Wildman–Crippen MR) is 80.9 cm³/mol. The van der Waals surface area contributed by atoms with Crippen LogP contribution in [0.1, 0.15) is 18.5 Å². The lowest BCUT2D eigenvalue weighted by atomic mass is 10.1. The summed E-state index contributed by atoms with van der Waals surface area (Å²) in [6, 6.07) is 7.84. The Balaban J connectivity index is 2.31. The molecular formula is C14H12BrFN2O3. The Hall–Kier alpha value is -2.15. The van der Waals surface area contributed by atoms with E-state index in [1.165, 1.54) is 24.3 Å². The third-order valence-electron chi connectivity index (χ3n) is 2.98. The third-order valence-corrected chi connectivity index (χ3v) is 3.67. The summed E-state index contributed by atoms with van der Waals surface area (Å²) >= 11 is 3.27. The maximum absolute atomic E-state index is 13.1. The van der Waals surface area contributed by atoms with E-state index in [0.717, 1.165) is 11.6 Å². The van der Waals surface area contributed by atoms with E-state index in [0.29, 0.717) is 4.47 Å². The molecule has 1 unspecified atom stereocenters. The Morgan fingerprint density at radius 2 is 2.05 bits per heavy atom. The minimum Gasteiger partial charge on any atom is -0.508 e. The van der Waals surface area contributed by atoms with Crippen LogP contribution in [0, 0.1) is 15.9 Å². The van der Waals surface area contributed by atoms with Crippen molar-refractivity contribution in [3.05, 3.63) is 62.4 Å². The van der Waals surface area contributed by atoms with Crippen LogP contribution in [0.15, 0.2) is 40.9 Å². The molecule has 0 aliphatic rings. The van der Waals surface area contributed by atoms with Crippen molar-refractivity contribution in [1.82, 2.24) is 0 Å². The largest absolute Gasteiger partial charge is 0.508 e. The van der Waals surface area contributed by atoms with Crippen molar-refractivity contribution in [2.45, 2.75) is 13.0 Å². The summed E-state index contributed by atoms with van der Waals surface area (Å²) in [5.74, 6) is -0.545. The third kappa shape index (κ3) is 3.49. The Bertz CT molecular complexity index is 694. The molecule has 0 heterocycles. The highest BCUT2D eigenvalue weighted by Crippen LogP contribution is 2.33. The topological polar surface area (TPSA) is 75.4 Å². The van der Waals surface area contributed by atoms with Gasteiger partial charge in [-0.25, -0.2) is 4.39 Å². The Kier molecular flexibility index (Phi) is 4.42.